The summed E-state index contributed by atoms with van der Waals surface area (Å²) in [4.78, 5) is 1.75. The standard InChI is InChI=1S/C5H9FN2S/c6-1-2-8-3-4-9-5(8)7/h7H,1-4H2. The highest BCUT2D eigenvalue weighted by atomic mass is 32.2. The lowest BCUT2D eigenvalue weighted by Crippen LogP contribution is -2.25. The Hall–Kier alpha value is -0.250. The van der Waals surface area contributed by atoms with Crippen LogP contribution in [0.1, 0.15) is 0 Å². The van der Waals surface area contributed by atoms with Gasteiger partial charge < -0.3 is 4.90 Å². The Morgan fingerprint density at radius 2 is 2.56 bits per heavy atom. The van der Waals surface area contributed by atoms with Gasteiger partial charge in [0.2, 0.25) is 0 Å². The molecular formula is C5H9FN2S. The fraction of sp³-hybridized carbons (Fsp3) is 0.800. The fourth-order valence-corrected chi connectivity index (χ4v) is 1.63. The monoisotopic (exact) mass is 148 g/mol. The summed E-state index contributed by atoms with van der Waals surface area (Å²) >= 11 is 1.49. The fourth-order valence-electron chi connectivity index (χ4n) is 0.761. The number of alkyl halides is 1. The average Bonchev–Trinajstić information content (AvgIpc) is 2.18. The molecule has 0 aliphatic carbocycles. The van der Waals surface area contributed by atoms with Crippen molar-refractivity contribution in [2.24, 2.45) is 0 Å². The number of thioether (sulfide) groups is 1. The van der Waals surface area contributed by atoms with Gasteiger partial charge in [-0.25, -0.2) is 4.39 Å². The quantitative estimate of drug-likeness (QED) is 0.631. The molecule has 0 amide bonds. The zero-order chi connectivity index (χ0) is 6.69. The van der Waals surface area contributed by atoms with E-state index in [4.69, 9.17) is 5.41 Å². The van der Waals surface area contributed by atoms with E-state index in [1.807, 2.05) is 0 Å². The van der Waals surface area contributed by atoms with E-state index in [0.29, 0.717) is 11.7 Å². The van der Waals surface area contributed by atoms with Gasteiger partial charge in [-0.2, -0.15) is 0 Å². The Morgan fingerprint density at radius 1 is 1.78 bits per heavy atom. The predicted molar refractivity (Wildman–Crippen MR) is 37.7 cm³/mol. The lowest BCUT2D eigenvalue weighted by molar-refractivity contribution is 0.376. The van der Waals surface area contributed by atoms with Gasteiger partial charge >= 0.3 is 0 Å². The van der Waals surface area contributed by atoms with Crippen LogP contribution in [0.5, 0.6) is 0 Å². The van der Waals surface area contributed by atoms with Crippen LogP contribution in [0.25, 0.3) is 0 Å². The molecule has 2 nitrogen and oxygen atoms in total. The molecule has 0 saturated carbocycles. The van der Waals surface area contributed by atoms with E-state index in [2.05, 4.69) is 0 Å². The normalized spacial score (nSPS) is 19.2. The van der Waals surface area contributed by atoms with Gasteiger partial charge in [-0.3, -0.25) is 5.41 Å². The number of nitrogens with zero attached hydrogens (tertiary/aromatic N) is 1. The lowest BCUT2D eigenvalue weighted by Gasteiger charge is -2.12. The molecular weight excluding hydrogens is 139 g/mol. The van der Waals surface area contributed by atoms with E-state index in [0.717, 1.165) is 12.3 Å². The van der Waals surface area contributed by atoms with Gasteiger partial charge in [0, 0.05) is 18.8 Å². The van der Waals surface area contributed by atoms with Crippen molar-refractivity contribution < 1.29 is 4.39 Å². The number of halogens is 1. The Kier molecular flexibility index (Phi) is 2.33. The van der Waals surface area contributed by atoms with Crippen LogP contribution in [0.15, 0.2) is 0 Å². The summed E-state index contributed by atoms with van der Waals surface area (Å²) in [7, 11) is 0. The minimum atomic E-state index is -0.344. The molecule has 0 unspecified atom stereocenters. The van der Waals surface area contributed by atoms with E-state index in [9.17, 15) is 4.39 Å². The molecule has 1 N–H and O–H groups in total. The van der Waals surface area contributed by atoms with Crippen molar-refractivity contribution >= 4 is 16.9 Å². The molecule has 1 heterocycles. The van der Waals surface area contributed by atoms with Crippen molar-refractivity contribution in [3.63, 3.8) is 0 Å². The molecule has 1 saturated heterocycles. The van der Waals surface area contributed by atoms with Crippen LogP contribution in [-0.4, -0.2) is 35.6 Å². The summed E-state index contributed by atoms with van der Waals surface area (Å²) in [5.41, 5.74) is 0. The molecule has 1 aliphatic heterocycles. The maximum Gasteiger partial charge on any atom is 0.156 e. The summed E-state index contributed by atoms with van der Waals surface area (Å²) in [6.07, 6.45) is 0. The lowest BCUT2D eigenvalue weighted by atomic mass is 10.6. The highest BCUT2D eigenvalue weighted by Crippen LogP contribution is 2.14. The molecule has 0 aromatic heterocycles. The zero-order valence-electron chi connectivity index (χ0n) is 5.06. The van der Waals surface area contributed by atoms with Crippen LogP contribution >= 0.6 is 11.8 Å². The van der Waals surface area contributed by atoms with Gasteiger partial charge in [-0.15, -0.1) is 0 Å². The number of nitrogens with one attached hydrogen (secondary N) is 1. The highest BCUT2D eigenvalue weighted by molar-refractivity contribution is 8.14. The molecule has 1 fully saturated rings. The van der Waals surface area contributed by atoms with Crippen LogP contribution < -0.4 is 0 Å². The first-order chi connectivity index (χ1) is 4.34. The Morgan fingerprint density at radius 3 is 3.00 bits per heavy atom. The smallest absolute Gasteiger partial charge is 0.156 e. The third-order valence-electron chi connectivity index (χ3n) is 1.24. The van der Waals surface area contributed by atoms with E-state index < -0.39 is 0 Å². The maximum atomic E-state index is 11.7. The van der Waals surface area contributed by atoms with E-state index in [1.54, 1.807) is 4.90 Å². The molecule has 9 heavy (non-hydrogen) atoms. The molecule has 4 heteroatoms. The van der Waals surface area contributed by atoms with Gasteiger partial charge in [0.1, 0.15) is 6.67 Å². The molecule has 0 aromatic carbocycles. The first-order valence-corrected chi connectivity index (χ1v) is 3.85. The van der Waals surface area contributed by atoms with Crippen molar-refractivity contribution in [1.29, 1.82) is 5.41 Å². The minimum absolute atomic E-state index is 0.344. The second-order valence-electron chi connectivity index (χ2n) is 1.83. The maximum absolute atomic E-state index is 11.7. The largest absolute Gasteiger partial charge is 0.348 e. The topological polar surface area (TPSA) is 27.1 Å². The second-order valence-corrected chi connectivity index (χ2v) is 2.91. The first-order valence-electron chi connectivity index (χ1n) is 2.87. The van der Waals surface area contributed by atoms with Crippen LogP contribution in [-0.2, 0) is 0 Å². The third-order valence-corrected chi connectivity index (χ3v) is 2.16. The van der Waals surface area contributed by atoms with Crippen LogP contribution in [0.3, 0.4) is 0 Å². The van der Waals surface area contributed by atoms with Crippen molar-refractivity contribution in [3.8, 4) is 0 Å². The summed E-state index contributed by atoms with van der Waals surface area (Å²) in [5, 5.41) is 7.75. The first kappa shape index (κ1) is 6.86. The van der Waals surface area contributed by atoms with Crippen molar-refractivity contribution in [3.05, 3.63) is 0 Å². The molecule has 0 radical (unpaired) electrons. The van der Waals surface area contributed by atoms with Gasteiger partial charge in [-0.1, -0.05) is 11.8 Å². The van der Waals surface area contributed by atoms with Gasteiger partial charge in [-0.05, 0) is 0 Å². The number of amidine groups is 1. The van der Waals surface area contributed by atoms with E-state index >= 15 is 0 Å². The number of hydrogen-bond donors (Lipinski definition) is 1. The Bertz CT molecular complexity index is 118. The molecule has 1 aliphatic rings. The summed E-state index contributed by atoms with van der Waals surface area (Å²) in [5.74, 6) is 0.943. The zero-order valence-corrected chi connectivity index (χ0v) is 5.88. The van der Waals surface area contributed by atoms with Crippen molar-refractivity contribution in [2.45, 2.75) is 0 Å². The third kappa shape index (κ3) is 1.58. The Labute approximate surface area is 57.9 Å². The van der Waals surface area contributed by atoms with Crippen molar-refractivity contribution in [2.75, 3.05) is 25.5 Å². The van der Waals surface area contributed by atoms with Crippen LogP contribution in [0.4, 0.5) is 4.39 Å². The summed E-state index contributed by atoms with van der Waals surface area (Å²) in [6.45, 7) is 0.891. The summed E-state index contributed by atoms with van der Waals surface area (Å²) < 4.78 is 11.7. The summed E-state index contributed by atoms with van der Waals surface area (Å²) in [6, 6.07) is 0. The molecule has 0 aromatic rings. The average molecular weight is 148 g/mol. The SMILES string of the molecule is N=C1SCCN1CCF. The van der Waals surface area contributed by atoms with E-state index in [1.165, 1.54) is 11.8 Å². The number of hydrogen-bond acceptors (Lipinski definition) is 2. The molecule has 0 spiro atoms. The minimum Gasteiger partial charge on any atom is -0.348 e. The highest BCUT2D eigenvalue weighted by Gasteiger charge is 2.15. The van der Waals surface area contributed by atoms with E-state index in [-0.39, 0.29) is 6.67 Å². The van der Waals surface area contributed by atoms with Gasteiger partial charge in [0.15, 0.2) is 5.17 Å². The molecule has 52 valence electrons. The second kappa shape index (κ2) is 3.06. The van der Waals surface area contributed by atoms with Gasteiger partial charge in [0.25, 0.3) is 0 Å². The number of rotatable bonds is 2. The predicted octanol–water partition coefficient (Wildman–Crippen LogP) is 0.939. The Balaban J connectivity index is 2.31. The molecule has 0 bridgehead atoms. The van der Waals surface area contributed by atoms with Crippen LogP contribution in [0.2, 0.25) is 0 Å². The van der Waals surface area contributed by atoms with Crippen LogP contribution in [0, 0.1) is 5.41 Å². The van der Waals surface area contributed by atoms with Gasteiger partial charge in [0.05, 0.1) is 0 Å². The molecule has 1 rings (SSSR count). The molecule has 0 atom stereocenters. The van der Waals surface area contributed by atoms with Crippen molar-refractivity contribution in [1.82, 2.24) is 4.90 Å².